The summed E-state index contributed by atoms with van der Waals surface area (Å²) in [5.41, 5.74) is 2.51. The summed E-state index contributed by atoms with van der Waals surface area (Å²) in [5.74, 6) is 1.25. The number of amides is 1. The number of piperazine rings is 1. The molecule has 182 valence electrons. The molecule has 0 aliphatic carbocycles. The van der Waals surface area contributed by atoms with E-state index in [-0.39, 0.29) is 16.5 Å². The lowest BCUT2D eigenvalue weighted by atomic mass is 10.1. The van der Waals surface area contributed by atoms with Gasteiger partial charge in [0.15, 0.2) is 0 Å². The van der Waals surface area contributed by atoms with Crippen molar-refractivity contribution < 1.29 is 14.5 Å². The van der Waals surface area contributed by atoms with Crippen LogP contribution in [0.15, 0.2) is 42.5 Å². The number of carbonyl (C=O) groups is 1. The molecule has 2 aromatic carbocycles. The molecule has 0 spiro atoms. The zero-order valence-corrected chi connectivity index (χ0v) is 20.1. The number of hydrogen-bond acceptors (Lipinski definition) is 6. The van der Waals surface area contributed by atoms with Crippen LogP contribution in [0.4, 0.5) is 17.1 Å². The lowest BCUT2D eigenvalue weighted by Gasteiger charge is -2.37. The summed E-state index contributed by atoms with van der Waals surface area (Å²) in [6.45, 7) is 9.17. The van der Waals surface area contributed by atoms with Gasteiger partial charge in [-0.15, -0.1) is 0 Å². The van der Waals surface area contributed by atoms with Crippen molar-refractivity contribution in [2.75, 3.05) is 55.7 Å². The predicted octanol–water partition coefficient (Wildman–Crippen LogP) is 4.58. The minimum Gasteiger partial charge on any atom is -0.493 e. The first-order valence-electron chi connectivity index (χ1n) is 12.2. The van der Waals surface area contributed by atoms with Crippen molar-refractivity contribution in [2.24, 2.45) is 5.92 Å². The molecule has 2 aliphatic heterocycles. The first kappa shape index (κ1) is 23.9. The highest BCUT2D eigenvalue weighted by Crippen LogP contribution is 2.34. The number of benzene rings is 2. The SMILES string of the molecule is CC(C)COc1ccc(C(=O)N2CCN(c3ccc([N+](=O)[O-])c(N4CCCCC4)c3)CC2)cc1. The lowest BCUT2D eigenvalue weighted by Crippen LogP contribution is -2.48. The fourth-order valence-electron chi connectivity index (χ4n) is 4.56. The van der Waals surface area contributed by atoms with E-state index in [1.807, 2.05) is 41.3 Å². The van der Waals surface area contributed by atoms with Crippen LogP contribution >= 0.6 is 0 Å². The van der Waals surface area contributed by atoms with Crippen LogP contribution < -0.4 is 14.5 Å². The standard InChI is InChI=1S/C26H34N4O4/c1-20(2)19-34-23-9-6-21(7-10-23)26(31)29-16-14-27(15-17-29)22-8-11-24(30(32)33)25(18-22)28-12-4-3-5-13-28/h6-11,18,20H,3-5,12-17,19H2,1-2H3. The fourth-order valence-corrected chi connectivity index (χ4v) is 4.56. The number of hydrogen-bond donors (Lipinski definition) is 0. The number of anilines is 2. The molecule has 2 saturated heterocycles. The summed E-state index contributed by atoms with van der Waals surface area (Å²) < 4.78 is 5.71. The van der Waals surface area contributed by atoms with Crippen LogP contribution in [0.1, 0.15) is 43.5 Å². The van der Waals surface area contributed by atoms with Crippen molar-refractivity contribution in [1.29, 1.82) is 0 Å². The van der Waals surface area contributed by atoms with Gasteiger partial charge in [0.25, 0.3) is 11.6 Å². The summed E-state index contributed by atoms with van der Waals surface area (Å²) in [4.78, 5) is 30.5. The molecule has 2 aliphatic rings. The maximum Gasteiger partial charge on any atom is 0.292 e. The summed E-state index contributed by atoms with van der Waals surface area (Å²) >= 11 is 0. The highest BCUT2D eigenvalue weighted by Gasteiger charge is 2.26. The summed E-state index contributed by atoms with van der Waals surface area (Å²) in [6.07, 6.45) is 3.30. The van der Waals surface area contributed by atoms with Gasteiger partial charge in [0, 0.05) is 56.6 Å². The van der Waals surface area contributed by atoms with Gasteiger partial charge in [-0.2, -0.15) is 0 Å². The van der Waals surface area contributed by atoms with Gasteiger partial charge in [-0.1, -0.05) is 13.8 Å². The van der Waals surface area contributed by atoms with E-state index in [0.29, 0.717) is 50.0 Å². The monoisotopic (exact) mass is 466 g/mol. The summed E-state index contributed by atoms with van der Waals surface area (Å²) in [7, 11) is 0. The van der Waals surface area contributed by atoms with E-state index in [1.165, 1.54) is 6.42 Å². The van der Waals surface area contributed by atoms with Crippen LogP contribution in [0.25, 0.3) is 0 Å². The molecule has 2 heterocycles. The second kappa shape index (κ2) is 10.8. The van der Waals surface area contributed by atoms with Crippen molar-refractivity contribution >= 4 is 23.0 Å². The molecule has 34 heavy (non-hydrogen) atoms. The molecule has 2 fully saturated rings. The lowest BCUT2D eigenvalue weighted by molar-refractivity contribution is -0.384. The minimum atomic E-state index is -0.288. The Morgan fingerprint density at radius 1 is 0.941 bits per heavy atom. The molecule has 8 heteroatoms. The molecule has 0 saturated carbocycles. The summed E-state index contributed by atoms with van der Waals surface area (Å²) in [6, 6.07) is 12.8. The number of piperidine rings is 1. The predicted molar refractivity (Wildman–Crippen MR) is 134 cm³/mol. The van der Waals surface area contributed by atoms with Crippen LogP contribution in [0.2, 0.25) is 0 Å². The Morgan fingerprint density at radius 2 is 1.62 bits per heavy atom. The van der Waals surface area contributed by atoms with E-state index >= 15 is 0 Å². The second-order valence-electron chi connectivity index (χ2n) is 9.49. The normalized spacial score (nSPS) is 16.6. The Kier molecular flexibility index (Phi) is 7.55. The largest absolute Gasteiger partial charge is 0.493 e. The van der Waals surface area contributed by atoms with E-state index < -0.39 is 0 Å². The van der Waals surface area contributed by atoms with Gasteiger partial charge < -0.3 is 19.4 Å². The van der Waals surface area contributed by atoms with Crippen LogP contribution in [-0.2, 0) is 0 Å². The van der Waals surface area contributed by atoms with Crippen molar-refractivity contribution in [2.45, 2.75) is 33.1 Å². The van der Waals surface area contributed by atoms with Gasteiger partial charge in [0.05, 0.1) is 11.5 Å². The third kappa shape index (κ3) is 5.61. The molecule has 2 aromatic rings. The Morgan fingerprint density at radius 3 is 2.24 bits per heavy atom. The molecule has 0 atom stereocenters. The van der Waals surface area contributed by atoms with Gasteiger partial charge in [-0.05, 0) is 61.6 Å². The zero-order chi connectivity index (χ0) is 24.1. The van der Waals surface area contributed by atoms with Crippen LogP contribution in [0.5, 0.6) is 5.75 Å². The van der Waals surface area contributed by atoms with Gasteiger partial charge in [0.1, 0.15) is 11.4 Å². The molecule has 4 rings (SSSR count). The van der Waals surface area contributed by atoms with Gasteiger partial charge in [-0.25, -0.2) is 0 Å². The van der Waals surface area contributed by atoms with Crippen LogP contribution in [0, 0.1) is 16.0 Å². The highest BCUT2D eigenvalue weighted by atomic mass is 16.6. The molecule has 0 radical (unpaired) electrons. The molecular weight excluding hydrogens is 432 g/mol. The Balaban J connectivity index is 1.39. The van der Waals surface area contributed by atoms with Crippen LogP contribution in [-0.4, -0.2) is 61.6 Å². The molecule has 0 aromatic heterocycles. The molecule has 8 nitrogen and oxygen atoms in total. The first-order chi connectivity index (χ1) is 16.4. The third-order valence-corrected chi connectivity index (χ3v) is 6.47. The number of ether oxygens (including phenoxy) is 1. The third-order valence-electron chi connectivity index (χ3n) is 6.47. The van der Waals surface area contributed by atoms with Crippen molar-refractivity contribution in [3.63, 3.8) is 0 Å². The number of nitro benzene ring substituents is 1. The summed E-state index contributed by atoms with van der Waals surface area (Å²) in [5, 5.41) is 11.6. The maximum absolute atomic E-state index is 13.0. The molecular formula is C26H34N4O4. The van der Waals surface area contributed by atoms with Crippen molar-refractivity contribution in [3.05, 3.63) is 58.1 Å². The van der Waals surface area contributed by atoms with E-state index in [2.05, 4.69) is 23.6 Å². The Labute approximate surface area is 201 Å². The average molecular weight is 467 g/mol. The molecule has 1 amide bonds. The van der Waals surface area contributed by atoms with Crippen molar-refractivity contribution in [1.82, 2.24) is 4.90 Å². The molecule has 0 unspecified atom stereocenters. The minimum absolute atomic E-state index is 0.0211. The Bertz CT molecular complexity index is 994. The van der Waals surface area contributed by atoms with Gasteiger partial charge in [0.2, 0.25) is 0 Å². The molecule has 0 bridgehead atoms. The maximum atomic E-state index is 13.0. The van der Waals surface area contributed by atoms with Crippen molar-refractivity contribution in [3.8, 4) is 5.75 Å². The number of nitro groups is 1. The van der Waals surface area contributed by atoms with E-state index in [9.17, 15) is 14.9 Å². The second-order valence-corrected chi connectivity index (χ2v) is 9.49. The number of carbonyl (C=O) groups excluding carboxylic acids is 1. The number of nitrogens with zero attached hydrogens (tertiary/aromatic N) is 4. The molecule has 0 N–H and O–H groups in total. The Hall–Kier alpha value is -3.29. The van der Waals surface area contributed by atoms with E-state index in [4.69, 9.17) is 4.74 Å². The van der Waals surface area contributed by atoms with Gasteiger partial charge in [-0.3, -0.25) is 14.9 Å². The highest BCUT2D eigenvalue weighted by molar-refractivity contribution is 5.94. The van der Waals surface area contributed by atoms with Crippen LogP contribution in [0.3, 0.4) is 0 Å². The first-order valence-corrected chi connectivity index (χ1v) is 12.2. The fraction of sp³-hybridized carbons (Fsp3) is 0.500. The zero-order valence-electron chi connectivity index (χ0n) is 20.1. The quantitative estimate of drug-likeness (QED) is 0.439. The average Bonchev–Trinajstić information content (AvgIpc) is 2.87. The van der Waals surface area contributed by atoms with E-state index in [0.717, 1.165) is 37.4 Å². The smallest absolute Gasteiger partial charge is 0.292 e. The van der Waals surface area contributed by atoms with E-state index in [1.54, 1.807) is 6.07 Å². The van der Waals surface area contributed by atoms with Gasteiger partial charge >= 0.3 is 0 Å². The number of rotatable bonds is 7. The topological polar surface area (TPSA) is 79.2 Å².